The highest BCUT2D eigenvalue weighted by atomic mass is 35.5. The largest absolute Gasteiger partial charge is 0.497 e. The number of nitrogens with zero attached hydrogens (tertiary/aromatic N) is 2. The zero-order valence-corrected chi connectivity index (χ0v) is 12.1. The summed E-state index contributed by atoms with van der Waals surface area (Å²) in [5.74, 6) is 0.898. The van der Waals surface area contributed by atoms with Gasteiger partial charge in [-0.15, -0.1) is 12.4 Å². The van der Waals surface area contributed by atoms with Crippen LogP contribution < -0.4 is 10.1 Å². The molecule has 1 aliphatic heterocycles. The molecule has 1 atom stereocenters. The van der Waals surface area contributed by atoms with Crippen LogP contribution in [0.15, 0.2) is 12.1 Å². The summed E-state index contributed by atoms with van der Waals surface area (Å²) < 4.78 is 5.28. The second-order valence-electron chi connectivity index (χ2n) is 4.66. The van der Waals surface area contributed by atoms with Crippen LogP contribution >= 0.6 is 12.4 Å². The van der Waals surface area contributed by atoms with E-state index < -0.39 is 0 Å². The van der Waals surface area contributed by atoms with Gasteiger partial charge in [0.25, 0.3) is 0 Å². The van der Waals surface area contributed by atoms with Crippen LogP contribution in [0.25, 0.3) is 0 Å². The second-order valence-corrected chi connectivity index (χ2v) is 4.66. The summed E-state index contributed by atoms with van der Waals surface area (Å²) in [5, 5.41) is 3.40. The summed E-state index contributed by atoms with van der Waals surface area (Å²) in [6, 6.07) is 4.56. The van der Waals surface area contributed by atoms with Crippen molar-refractivity contribution in [3.63, 3.8) is 0 Å². The lowest BCUT2D eigenvalue weighted by Crippen LogP contribution is -2.49. The van der Waals surface area contributed by atoms with E-state index in [9.17, 15) is 0 Å². The molecule has 4 nitrogen and oxygen atoms in total. The smallest absolute Gasteiger partial charge is 0.122 e. The maximum Gasteiger partial charge on any atom is 0.122 e. The third-order valence-electron chi connectivity index (χ3n) is 3.22. The van der Waals surface area contributed by atoms with Crippen LogP contribution in [-0.2, 0) is 6.54 Å². The Morgan fingerprint density at radius 2 is 2.28 bits per heavy atom. The number of pyridine rings is 1. The van der Waals surface area contributed by atoms with E-state index in [0.717, 1.165) is 43.3 Å². The van der Waals surface area contributed by atoms with E-state index in [1.165, 1.54) is 0 Å². The molecule has 1 fully saturated rings. The van der Waals surface area contributed by atoms with Gasteiger partial charge in [-0.2, -0.15) is 0 Å². The molecule has 1 aromatic heterocycles. The fourth-order valence-electron chi connectivity index (χ4n) is 2.23. The highest BCUT2D eigenvalue weighted by Crippen LogP contribution is 2.16. The van der Waals surface area contributed by atoms with Crippen LogP contribution in [-0.4, -0.2) is 42.7 Å². The van der Waals surface area contributed by atoms with E-state index in [0.29, 0.717) is 6.04 Å². The van der Waals surface area contributed by atoms with Crippen molar-refractivity contribution >= 4 is 12.4 Å². The Balaban J connectivity index is 0.00000162. The van der Waals surface area contributed by atoms with Crippen LogP contribution in [0.2, 0.25) is 0 Å². The van der Waals surface area contributed by atoms with Gasteiger partial charge in [-0.25, -0.2) is 0 Å². The average Bonchev–Trinajstić information content (AvgIpc) is 2.31. The number of hydrogen-bond donors (Lipinski definition) is 1. The number of halogens is 1. The Bertz CT molecular complexity index is 386. The minimum Gasteiger partial charge on any atom is -0.497 e. The number of piperazine rings is 1. The molecular weight excluding hydrogens is 250 g/mol. The molecule has 0 radical (unpaired) electrons. The zero-order chi connectivity index (χ0) is 12.3. The second kappa shape index (κ2) is 6.92. The molecule has 1 N–H and O–H groups in total. The summed E-state index contributed by atoms with van der Waals surface area (Å²) in [6.45, 7) is 8.36. The van der Waals surface area contributed by atoms with Crippen molar-refractivity contribution in [2.45, 2.75) is 26.4 Å². The number of nitrogens with one attached hydrogen (secondary N) is 1. The molecule has 0 unspecified atom stereocenters. The van der Waals surface area contributed by atoms with Gasteiger partial charge >= 0.3 is 0 Å². The predicted octanol–water partition coefficient (Wildman–Crippen LogP) is 1.61. The van der Waals surface area contributed by atoms with E-state index in [2.05, 4.69) is 22.1 Å². The lowest BCUT2D eigenvalue weighted by atomic mass is 10.2. The Morgan fingerprint density at radius 3 is 2.94 bits per heavy atom. The molecule has 2 rings (SSSR count). The minimum atomic E-state index is 0. The van der Waals surface area contributed by atoms with Gasteiger partial charge in [0, 0.05) is 50.0 Å². The molecule has 0 aromatic carbocycles. The normalized spacial score (nSPS) is 20.3. The lowest BCUT2D eigenvalue weighted by molar-refractivity contribution is 0.163. The number of aromatic nitrogens is 1. The summed E-state index contributed by atoms with van der Waals surface area (Å²) >= 11 is 0. The molecule has 18 heavy (non-hydrogen) atoms. The van der Waals surface area contributed by atoms with E-state index in [1.807, 2.05) is 19.1 Å². The van der Waals surface area contributed by atoms with E-state index in [1.54, 1.807) is 7.11 Å². The van der Waals surface area contributed by atoms with Gasteiger partial charge in [0.2, 0.25) is 0 Å². The first-order valence-corrected chi connectivity index (χ1v) is 6.15. The molecule has 2 heterocycles. The van der Waals surface area contributed by atoms with Crippen molar-refractivity contribution in [2.24, 2.45) is 0 Å². The third-order valence-corrected chi connectivity index (χ3v) is 3.22. The topological polar surface area (TPSA) is 37.4 Å². The number of hydrogen-bond acceptors (Lipinski definition) is 4. The highest BCUT2D eigenvalue weighted by Gasteiger charge is 2.18. The van der Waals surface area contributed by atoms with Crippen molar-refractivity contribution in [1.82, 2.24) is 15.2 Å². The Morgan fingerprint density at radius 1 is 1.50 bits per heavy atom. The SMILES string of the molecule is COc1cc(C)nc(CN2CCNC[C@@H]2C)c1.Cl. The summed E-state index contributed by atoms with van der Waals surface area (Å²) in [7, 11) is 1.70. The standard InChI is InChI=1S/C13H21N3O.ClH/c1-10-6-13(17-3)7-12(15-10)9-16-5-4-14-8-11(16)2;/h6-7,11,14H,4-5,8-9H2,1-3H3;1H/t11-;/m0./s1. The lowest BCUT2D eigenvalue weighted by Gasteiger charge is -2.33. The molecule has 5 heteroatoms. The first kappa shape index (κ1) is 15.2. The fourth-order valence-corrected chi connectivity index (χ4v) is 2.23. The quantitative estimate of drug-likeness (QED) is 0.907. The van der Waals surface area contributed by atoms with Gasteiger partial charge in [-0.1, -0.05) is 0 Å². The van der Waals surface area contributed by atoms with Crippen LogP contribution in [0.1, 0.15) is 18.3 Å². The number of methoxy groups -OCH3 is 1. The monoisotopic (exact) mass is 271 g/mol. The highest BCUT2D eigenvalue weighted by molar-refractivity contribution is 5.85. The van der Waals surface area contributed by atoms with Gasteiger partial charge in [-0.3, -0.25) is 9.88 Å². The molecule has 1 saturated heterocycles. The molecule has 0 saturated carbocycles. The van der Waals surface area contributed by atoms with Crippen molar-refractivity contribution < 1.29 is 4.74 Å². The van der Waals surface area contributed by atoms with E-state index >= 15 is 0 Å². The molecule has 102 valence electrons. The summed E-state index contributed by atoms with van der Waals surface area (Å²) in [4.78, 5) is 7.02. The van der Waals surface area contributed by atoms with Crippen molar-refractivity contribution in [3.05, 3.63) is 23.5 Å². The first-order valence-electron chi connectivity index (χ1n) is 6.15. The zero-order valence-electron chi connectivity index (χ0n) is 11.3. The van der Waals surface area contributed by atoms with Gasteiger partial charge in [-0.05, 0) is 13.8 Å². The molecule has 1 aliphatic rings. The maximum atomic E-state index is 5.28. The van der Waals surface area contributed by atoms with E-state index in [4.69, 9.17) is 4.74 Å². The van der Waals surface area contributed by atoms with Crippen LogP contribution in [0.4, 0.5) is 0 Å². The molecule has 1 aromatic rings. The molecule has 0 amide bonds. The Hall–Kier alpha value is -0.840. The molecule has 0 aliphatic carbocycles. The number of ether oxygens (including phenoxy) is 1. The Kier molecular flexibility index (Phi) is 5.85. The number of aryl methyl sites for hydroxylation is 1. The molecule has 0 spiro atoms. The molecular formula is C13H22ClN3O. The average molecular weight is 272 g/mol. The van der Waals surface area contributed by atoms with Crippen LogP contribution in [0.3, 0.4) is 0 Å². The Labute approximate surface area is 115 Å². The summed E-state index contributed by atoms with van der Waals surface area (Å²) in [6.07, 6.45) is 0. The van der Waals surface area contributed by atoms with Gasteiger partial charge in [0.15, 0.2) is 0 Å². The number of rotatable bonds is 3. The van der Waals surface area contributed by atoms with Gasteiger partial charge < -0.3 is 10.1 Å². The van der Waals surface area contributed by atoms with E-state index in [-0.39, 0.29) is 12.4 Å². The van der Waals surface area contributed by atoms with Crippen LogP contribution in [0.5, 0.6) is 5.75 Å². The summed E-state index contributed by atoms with van der Waals surface area (Å²) in [5.41, 5.74) is 2.11. The van der Waals surface area contributed by atoms with Crippen molar-refractivity contribution in [2.75, 3.05) is 26.7 Å². The predicted molar refractivity (Wildman–Crippen MR) is 75.5 cm³/mol. The molecule has 0 bridgehead atoms. The third kappa shape index (κ3) is 3.83. The van der Waals surface area contributed by atoms with Gasteiger partial charge in [0.1, 0.15) is 5.75 Å². The minimum absolute atomic E-state index is 0. The van der Waals surface area contributed by atoms with Crippen molar-refractivity contribution in [3.8, 4) is 5.75 Å². The van der Waals surface area contributed by atoms with Gasteiger partial charge in [0.05, 0.1) is 12.8 Å². The van der Waals surface area contributed by atoms with Crippen molar-refractivity contribution in [1.29, 1.82) is 0 Å². The first-order chi connectivity index (χ1) is 8.19. The maximum absolute atomic E-state index is 5.28. The fraction of sp³-hybridized carbons (Fsp3) is 0.615. The van der Waals surface area contributed by atoms with Crippen LogP contribution in [0, 0.1) is 6.92 Å².